The average molecular weight is 564 g/mol. The van der Waals surface area contributed by atoms with Crippen LogP contribution in [-0.2, 0) is 0 Å². The molecule has 0 saturated heterocycles. The van der Waals surface area contributed by atoms with Crippen molar-refractivity contribution in [3.63, 3.8) is 0 Å². The Balaban J connectivity index is 2.62. The van der Waals surface area contributed by atoms with E-state index in [1.165, 1.54) is 61.2 Å². The first-order chi connectivity index (χ1) is 15.1. The second-order valence-corrected chi connectivity index (χ2v) is 28.0. The summed E-state index contributed by atoms with van der Waals surface area (Å²) in [6.07, 6.45) is 10.9. The monoisotopic (exact) mass is 564 g/mol. The van der Waals surface area contributed by atoms with Gasteiger partial charge in [0.15, 0.2) is 0 Å². The molecule has 0 aliphatic heterocycles. The van der Waals surface area contributed by atoms with Crippen LogP contribution in [0.1, 0.15) is 79.1 Å². The Morgan fingerprint density at radius 3 is 1.29 bits per heavy atom. The molecule has 0 fully saturated rings. The van der Waals surface area contributed by atoms with Crippen LogP contribution in [0.25, 0.3) is 0 Å². The fourth-order valence-corrected chi connectivity index (χ4v) is 34.2. The van der Waals surface area contributed by atoms with E-state index in [1.54, 1.807) is 13.3 Å². The fourth-order valence-electron chi connectivity index (χ4n) is 4.78. The molecule has 0 nitrogen and oxygen atoms in total. The van der Waals surface area contributed by atoms with E-state index < -0.39 is 18.4 Å². The third kappa shape index (κ3) is 8.03. The summed E-state index contributed by atoms with van der Waals surface area (Å²) >= 11 is 1.94. The van der Waals surface area contributed by atoms with E-state index in [0.29, 0.717) is 2.09 Å². The molecule has 0 spiro atoms. The van der Waals surface area contributed by atoms with Crippen LogP contribution in [0.5, 0.6) is 0 Å². The van der Waals surface area contributed by atoms with E-state index in [2.05, 4.69) is 112 Å². The summed E-state index contributed by atoms with van der Waals surface area (Å²) in [5.74, 6) is 0. The van der Waals surface area contributed by atoms with E-state index in [9.17, 15) is 0 Å². The van der Waals surface area contributed by atoms with Gasteiger partial charge >= 0.3 is 207 Å². The van der Waals surface area contributed by atoms with E-state index in [1.807, 2.05) is 0 Å². The zero-order chi connectivity index (χ0) is 22.4. The Bertz CT molecular complexity index is 638. The second kappa shape index (κ2) is 15.0. The van der Waals surface area contributed by atoms with Crippen LogP contribution in [0.15, 0.2) is 70.5 Å². The molecule has 3 heteroatoms. The number of hydrogen-bond donors (Lipinski definition) is 0. The molecule has 0 atom stereocenters. The average Bonchev–Trinajstić information content (AvgIpc) is 2.80. The number of thioether (sulfide) groups is 2. The van der Waals surface area contributed by atoms with Crippen LogP contribution >= 0.6 is 23.5 Å². The molecule has 0 heterocycles. The molecule has 0 unspecified atom stereocenters. The van der Waals surface area contributed by atoms with Gasteiger partial charge in [0.2, 0.25) is 0 Å². The van der Waals surface area contributed by atoms with Gasteiger partial charge in [-0.3, -0.25) is 0 Å². The molecule has 0 aromatic heterocycles. The Morgan fingerprint density at radius 2 is 0.968 bits per heavy atom. The fraction of sp³-hybridized carbons (Fsp3) is 0.571. The summed E-state index contributed by atoms with van der Waals surface area (Å²) in [6, 6.07) is 22.7. The van der Waals surface area contributed by atoms with Crippen LogP contribution in [-0.4, -0.2) is 20.5 Å². The predicted octanol–water partition coefficient (Wildman–Crippen LogP) is 10.5. The Kier molecular flexibility index (Phi) is 13.1. The molecular weight excluding hydrogens is 519 g/mol. The van der Waals surface area contributed by atoms with Gasteiger partial charge < -0.3 is 0 Å². The summed E-state index contributed by atoms with van der Waals surface area (Å²) in [7, 11) is 0. The summed E-state index contributed by atoms with van der Waals surface area (Å²) in [6.45, 7) is 9.60. The third-order valence-electron chi connectivity index (χ3n) is 6.47. The number of rotatable bonds is 16. The van der Waals surface area contributed by atoms with Gasteiger partial charge in [0.05, 0.1) is 0 Å². The van der Waals surface area contributed by atoms with Crippen molar-refractivity contribution in [3.05, 3.63) is 60.7 Å². The maximum atomic E-state index is 2.42. The summed E-state index contributed by atoms with van der Waals surface area (Å²) in [4.78, 5) is 2.95. The maximum absolute atomic E-state index is 2.60. The van der Waals surface area contributed by atoms with Crippen molar-refractivity contribution < 1.29 is 0 Å². The summed E-state index contributed by atoms with van der Waals surface area (Å²) in [5, 5.41) is 0. The van der Waals surface area contributed by atoms with Gasteiger partial charge in [-0.15, -0.1) is 0 Å². The van der Waals surface area contributed by atoms with Crippen molar-refractivity contribution in [1.29, 1.82) is 0 Å². The zero-order valence-corrected chi connectivity index (χ0v) is 24.9. The molecule has 0 amide bonds. The van der Waals surface area contributed by atoms with Crippen molar-refractivity contribution in [2.75, 3.05) is 0 Å². The molecule has 0 saturated carbocycles. The first kappa shape index (κ1) is 27.2. The van der Waals surface area contributed by atoms with E-state index in [0.717, 1.165) is 0 Å². The molecule has 2 aromatic rings. The van der Waals surface area contributed by atoms with Gasteiger partial charge in [-0.1, -0.05) is 0 Å². The van der Waals surface area contributed by atoms with Crippen LogP contribution in [0.3, 0.4) is 0 Å². The molecule has 2 aromatic carbocycles. The van der Waals surface area contributed by atoms with Crippen LogP contribution in [0, 0.1) is 0 Å². The van der Waals surface area contributed by atoms with Gasteiger partial charge in [-0.25, -0.2) is 0 Å². The van der Waals surface area contributed by atoms with Crippen molar-refractivity contribution >= 4 is 41.9 Å². The van der Waals surface area contributed by atoms with Crippen molar-refractivity contribution in [2.45, 2.75) is 104 Å². The molecule has 0 radical (unpaired) electrons. The Labute approximate surface area is 205 Å². The molecule has 31 heavy (non-hydrogen) atoms. The second-order valence-electron chi connectivity index (χ2n) is 8.92. The first-order valence-electron chi connectivity index (χ1n) is 12.6. The summed E-state index contributed by atoms with van der Waals surface area (Å²) < 4.78 is 5.05. The summed E-state index contributed by atoms with van der Waals surface area (Å²) in [5.41, 5.74) is 0. The first-order valence-corrected chi connectivity index (χ1v) is 21.7. The van der Waals surface area contributed by atoms with Gasteiger partial charge in [0.25, 0.3) is 0 Å². The van der Waals surface area contributed by atoms with Gasteiger partial charge in [0, 0.05) is 0 Å². The quantitative estimate of drug-likeness (QED) is 0.113. The van der Waals surface area contributed by atoms with Crippen LogP contribution in [0.4, 0.5) is 0 Å². The molecule has 0 N–H and O–H groups in total. The Morgan fingerprint density at radius 1 is 0.581 bits per heavy atom. The van der Waals surface area contributed by atoms with Crippen molar-refractivity contribution in [3.8, 4) is 0 Å². The number of unbranched alkanes of at least 4 members (excludes halogenated alkanes) is 3. The van der Waals surface area contributed by atoms with Gasteiger partial charge in [0.1, 0.15) is 0 Å². The SMILES string of the molecule is CCC[CH2][Sn]([CH2]CCC)([CH2]CCC)[C](CCC)(Sc1ccccc1)Sc1ccccc1. The van der Waals surface area contributed by atoms with E-state index in [-0.39, 0.29) is 0 Å². The standard InChI is InChI=1S/C16H17S2.3C4H9.Sn/c1-2-9-16(17-14-10-5-3-6-11-14)18-15-12-7-4-8-13-15;3*1-3-4-2;/h3-8,10-13H,2,9H2,1H3;3*1,3-4H2,2H3;. The van der Waals surface area contributed by atoms with Crippen LogP contribution < -0.4 is 0 Å². The topological polar surface area (TPSA) is 0 Å². The van der Waals surface area contributed by atoms with Crippen molar-refractivity contribution in [2.24, 2.45) is 0 Å². The van der Waals surface area contributed by atoms with Gasteiger partial charge in [-0.05, 0) is 0 Å². The minimum absolute atomic E-state index is 0.367. The normalized spacial score (nSPS) is 12.3. The van der Waals surface area contributed by atoms with E-state index in [4.69, 9.17) is 0 Å². The molecule has 2 rings (SSSR count). The molecular formula is C28H44S2Sn. The Hall–Kier alpha value is -0.0613. The predicted molar refractivity (Wildman–Crippen MR) is 147 cm³/mol. The molecule has 0 aliphatic carbocycles. The van der Waals surface area contributed by atoms with E-state index >= 15 is 0 Å². The molecule has 0 bridgehead atoms. The van der Waals surface area contributed by atoms with Crippen molar-refractivity contribution in [1.82, 2.24) is 0 Å². The minimum atomic E-state index is -2.60. The number of benzene rings is 2. The van der Waals surface area contributed by atoms with Gasteiger partial charge in [-0.2, -0.15) is 0 Å². The zero-order valence-electron chi connectivity index (χ0n) is 20.4. The third-order valence-corrected chi connectivity index (χ3v) is 33.2. The number of hydrogen-bond acceptors (Lipinski definition) is 2. The molecule has 172 valence electrons. The van der Waals surface area contributed by atoms with Crippen LogP contribution in [0.2, 0.25) is 13.3 Å². The molecule has 0 aliphatic rings.